The molecule has 6 nitrogen and oxygen atoms in total. The summed E-state index contributed by atoms with van der Waals surface area (Å²) in [5, 5.41) is 6.74. The zero-order chi connectivity index (χ0) is 14.7. The Kier molecular flexibility index (Phi) is 3.93. The second-order valence-corrected chi connectivity index (χ2v) is 4.61. The summed E-state index contributed by atoms with van der Waals surface area (Å²) in [5.41, 5.74) is 7.58. The van der Waals surface area contributed by atoms with E-state index >= 15 is 0 Å². The predicted octanol–water partition coefficient (Wildman–Crippen LogP) is 1.60. The van der Waals surface area contributed by atoms with Gasteiger partial charge in [-0.05, 0) is 32.0 Å². The Bertz CT molecular complexity index is 619. The van der Waals surface area contributed by atoms with Crippen molar-refractivity contribution in [1.82, 2.24) is 15.1 Å². The molecule has 0 radical (unpaired) electrons. The molecule has 0 bridgehead atoms. The number of anilines is 1. The van der Waals surface area contributed by atoms with Gasteiger partial charge in [-0.3, -0.25) is 4.79 Å². The van der Waals surface area contributed by atoms with Crippen molar-refractivity contribution in [3.63, 3.8) is 0 Å². The summed E-state index contributed by atoms with van der Waals surface area (Å²) in [7, 11) is 1.57. The van der Waals surface area contributed by atoms with Crippen LogP contribution in [0, 0.1) is 0 Å². The fraction of sp³-hybridized carbons (Fsp3) is 0.286. The lowest BCUT2D eigenvalue weighted by Gasteiger charge is -2.13. The van der Waals surface area contributed by atoms with Crippen LogP contribution in [0.5, 0.6) is 5.75 Å². The van der Waals surface area contributed by atoms with Crippen molar-refractivity contribution in [3.05, 3.63) is 36.2 Å². The van der Waals surface area contributed by atoms with E-state index in [4.69, 9.17) is 10.5 Å². The Balaban J connectivity index is 2.33. The van der Waals surface area contributed by atoms with Gasteiger partial charge >= 0.3 is 0 Å². The summed E-state index contributed by atoms with van der Waals surface area (Å²) in [5.74, 6) is 0.382. The third-order valence-electron chi connectivity index (χ3n) is 2.67. The lowest BCUT2D eigenvalue weighted by atomic mass is 10.2. The minimum atomic E-state index is -0.224. The molecular weight excluding hydrogens is 256 g/mol. The molecule has 0 aliphatic carbocycles. The summed E-state index contributed by atoms with van der Waals surface area (Å²) < 4.78 is 7.25. The molecule has 0 fully saturated rings. The molecule has 0 aliphatic heterocycles. The molecule has 1 amide bonds. The summed E-state index contributed by atoms with van der Waals surface area (Å²) >= 11 is 0. The van der Waals surface area contributed by atoms with Crippen molar-refractivity contribution in [3.8, 4) is 11.4 Å². The smallest absolute Gasteiger partial charge is 0.271 e. The number of carbonyl (C=O) groups excluding carboxylic acids is 1. The molecule has 106 valence electrons. The van der Waals surface area contributed by atoms with Crippen LogP contribution >= 0.6 is 0 Å². The van der Waals surface area contributed by atoms with Crippen LogP contribution in [-0.4, -0.2) is 28.8 Å². The van der Waals surface area contributed by atoms with Crippen LogP contribution in [0.4, 0.5) is 5.69 Å². The molecule has 1 heterocycles. The minimum Gasteiger partial charge on any atom is -0.489 e. The number of carbonyl (C=O) groups is 1. The number of hydrogen-bond acceptors (Lipinski definition) is 4. The third-order valence-corrected chi connectivity index (χ3v) is 2.67. The van der Waals surface area contributed by atoms with Gasteiger partial charge in [0.15, 0.2) is 5.69 Å². The van der Waals surface area contributed by atoms with Gasteiger partial charge in [-0.25, -0.2) is 4.68 Å². The van der Waals surface area contributed by atoms with Crippen LogP contribution in [0.1, 0.15) is 24.3 Å². The van der Waals surface area contributed by atoms with Gasteiger partial charge in [0.1, 0.15) is 5.75 Å². The summed E-state index contributed by atoms with van der Waals surface area (Å²) in [6.07, 6.45) is 1.75. The number of ether oxygens (including phenoxy) is 1. The van der Waals surface area contributed by atoms with E-state index < -0.39 is 0 Å². The Morgan fingerprint density at radius 2 is 2.15 bits per heavy atom. The van der Waals surface area contributed by atoms with E-state index in [0.29, 0.717) is 17.1 Å². The summed E-state index contributed by atoms with van der Waals surface area (Å²) in [6, 6.07) is 7.03. The van der Waals surface area contributed by atoms with E-state index in [2.05, 4.69) is 10.4 Å². The Morgan fingerprint density at radius 1 is 1.40 bits per heavy atom. The molecule has 3 N–H and O–H groups in total. The number of nitrogens with one attached hydrogen (secondary N) is 1. The van der Waals surface area contributed by atoms with Crippen molar-refractivity contribution < 1.29 is 9.53 Å². The van der Waals surface area contributed by atoms with Crippen LogP contribution in [-0.2, 0) is 0 Å². The number of amides is 1. The minimum absolute atomic E-state index is 0.0339. The highest BCUT2D eigenvalue weighted by Gasteiger charge is 2.10. The first-order chi connectivity index (χ1) is 9.51. The van der Waals surface area contributed by atoms with Gasteiger partial charge in [0.2, 0.25) is 0 Å². The standard InChI is InChI=1S/C14H18N4O2/c1-9(2)20-13-8-10(4-5-11(13)15)18-7-6-12(17-18)14(19)16-3/h4-9H,15H2,1-3H3,(H,16,19). The number of aromatic nitrogens is 2. The van der Waals surface area contributed by atoms with Crippen molar-refractivity contribution in [2.45, 2.75) is 20.0 Å². The lowest BCUT2D eigenvalue weighted by Crippen LogP contribution is -2.18. The maximum absolute atomic E-state index is 11.5. The molecule has 1 aromatic carbocycles. The number of hydrogen-bond donors (Lipinski definition) is 2. The fourth-order valence-corrected chi connectivity index (χ4v) is 1.74. The molecule has 0 saturated carbocycles. The molecule has 2 aromatic rings. The monoisotopic (exact) mass is 274 g/mol. The second kappa shape index (κ2) is 5.64. The molecule has 2 rings (SSSR count). The molecule has 20 heavy (non-hydrogen) atoms. The summed E-state index contributed by atoms with van der Waals surface area (Å²) in [4.78, 5) is 11.5. The van der Waals surface area contributed by atoms with E-state index in [1.54, 1.807) is 36.1 Å². The van der Waals surface area contributed by atoms with Crippen molar-refractivity contribution >= 4 is 11.6 Å². The first kappa shape index (κ1) is 13.9. The largest absolute Gasteiger partial charge is 0.489 e. The molecule has 0 unspecified atom stereocenters. The molecule has 0 saturated heterocycles. The normalized spacial score (nSPS) is 10.6. The highest BCUT2D eigenvalue weighted by molar-refractivity contribution is 5.91. The van der Waals surface area contributed by atoms with Gasteiger partial charge in [0.25, 0.3) is 5.91 Å². The van der Waals surface area contributed by atoms with Crippen molar-refractivity contribution in [2.75, 3.05) is 12.8 Å². The zero-order valence-corrected chi connectivity index (χ0v) is 11.8. The third kappa shape index (κ3) is 2.90. The van der Waals surface area contributed by atoms with Crippen LogP contribution in [0.3, 0.4) is 0 Å². The highest BCUT2D eigenvalue weighted by Crippen LogP contribution is 2.25. The average molecular weight is 274 g/mol. The topological polar surface area (TPSA) is 82.2 Å². The van der Waals surface area contributed by atoms with Gasteiger partial charge in [-0.15, -0.1) is 0 Å². The molecule has 0 atom stereocenters. The van der Waals surface area contributed by atoms with E-state index in [0.717, 1.165) is 5.69 Å². The Morgan fingerprint density at radius 3 is 2.80 bits per heavy atom. The first-order valence-corrected chi connectivity index (χ1v) is 6.35. The molecule has 1 aromatic heterocycles. The zero-order valence-electron chi connectivity index (χ0n) is 11.8. The van der Waals surface area contributed by atoms with E-state index in [9.17, 15) is 4.79 Å². The van der Waals surface area contributed by atoms with Gasteiger partial charge in [0.05, 0.1) is 17.5 Å². The SMILES string of the molecule is CNC(=O)c1ccn(-c2ccc(N)c(OC(C)C)c2)n1. The lowest BCUT2D eigenvalue weighted by molar-refractivity contribution is 0.0957. The van der Waals surface area contributed by atoms with E-state index in [-0.39, 0.29) is 12.0 Å². The van der Waals surface area contributed by atoms with Gasteiger partial charge < -0.3 is 15.8 Å². The van der Waals surface area contributed by atoms with Gasteiger partial charge in [0, 0.05) is 19.3 Å². The number of benzene rings is 1. The van der Waals surface area contributed by atoms with Crippen LogP contribution in [0.2, 0.25) is 0 Å². The maximum Gasteiger partial charge on any atom is 0.271 e. The summed E-state index contributed by atoms with van der Waals surface area (Å²) in [6.45, 7) is 3.87. The first-order valence-electron chi connectivity index (χ1n) is 6.35. The predicted molar refractivity (Wildman–Crippen MR) is 77.1 cm³/mol. The number of nitrogen functional groups attached to an aromatic ring is 1. The average Bonchev–Trinajstić information content (AvgIpc) is 2.89. The van der Waals surface area contributed by atoms with Crippen molar-refractivity contribution in [2.24, 2.45) is 0 Å². The van der Waals surface area contributed by atoms with Crippen LogP contribution in [0.15, 0.2) is 30.5 Å². The Hall–Kier alpha value is -2.50. The quantitative estimate of drug-likeness (QED) is 0.830. The molecule has 6 heteroatoms. The van der Waals surface area contributed by atoms with Crippen LogP contribution in [0.25, 0.3) is 5.69 Å². The second-order valence-electron chi connectivity index (χ2n) is 4.61. The van der Waals surface area contributed by atoms with E-state index in [1.807, 2.05) is 19.9 Å². The number of nitrogens with zero attached hydrogens (tertiary/aromatic N) is 2. The number of rotatable bonds is 4. The maximum atomic E-state index is 11.5. The fourth-order valence-electron chi connectivity index (χ4n) is 1.74. The van der Waals surface area contributed by atoms with Crippen LogP contribution < -0.4 is 15.8 Å². The highest BCUT2D eigenvalue weighted by atomic mass is 16.5. The number of nitrogens with two attached hydrogens (primary N) is 1. The molecule has 0 aliphatic rings. The Labute approximate surface area is 117 Å². The van der Waals surface area contributed by atoms with Crippen molar-refractivity contribution in [1.29, 1.82) is 0 Å². The van der Waals surface area contributed by atoms with Gasteiger partial charge in [-0.1, -0.05) is 0 Å². The van der Waals surface area contributed by atoms with E-state index in [1.165, 1.54) is 0 Å². The van der Waals surface area contributed by atoms with Gasteiger partial charge in [-0.2, -0.15) is 5.10 Å². The molecular formula is C14H18N4O2. The molecule has 0 spiro atoms.